The van der Waals surface area contributed by atoms with Gasteiger partial charge in [0.2, 0.25) is 0 Å². The van der Waals surface area contributed by atoms with E-state index in [2.05, 4.69) is 68.3 Å². The number of aromatic nitrogens is 2. The molecule has 3 aromatic rings. The molecule has 4 rings (SSSR count). The fourth-order valence-corrected chi connectivity index (χ4v) is 4.34. The molecule has 1 N–H and O–H groups in total. The van der Waals surface area contributed by atoms with Crippen LogP contribution in [0.5, 0.6) is 0 Å². The number of benzene rings is 2. The lowest BCUT2D eigenvalue weighted by Crippen LogP contribution is -2.28. The van der Waals surface area contributed by atoms with Gasteiger partial charge < -0.3 is 10.2 Å². The van der Waals surface area contributed by atoms with Gasteiger partial charge in [0.05, 0.1) is 10.9 Å². The van der Waals surface area contributed by atoms with Crippen LogP contribution in [0.2, 0.25) is 0 Å². The SMILES string of the molecule is CCN(CC)CCNc1ccc2c(=O)n3c(nc2c1)/C(=C/c1ccc(C(C)C)cc1)CC3. The topological polar surface area (TPSA) is 50.2 Å². The zero-order valence-corrected chi connectivity index (χ0v) is 19.7. The minimum absolute atomic E-state index is 0.0539. The number of anilines is 1. The number of allylic oxidation sites excluding steroid dienone is 1. The number of likely N-dealkylation sites (N-methyl/N-ethyl adjacent to an activating group) is 1. The predicted octanol–water partition coefficient (Wildman–Crippen LogP) is 5.22. The van der Waals surface area contributed by atoms with E-state index < -0.39 is 0 Å². The zero-order chi connectivity index (χ0) is 22.7. The van der Waals surface area contributed by atoms with Gasteiger partial charge in [-0.25, -0.2) is 4.98 Å². The predicted molar refractivity (Wildman–Crippen MR) is 135 cm³/mol. The van der Waals surface area contributed by atoms with E-state index in [1.807, 2.05) is 22.8 Å². The van der Waals surface area contributed by atoms with Gasteiger partial charge in [0.1, 0.15) is 5.82 Å². The Bertz CT molecular complexity index is 1170. The normalized spacial score (nSPS) is 14.6. The molecule has 168 valence electrons. The number of hydrogen-bond acceptors (Lipinski definition) is 4. The Morgan fingerprint density at radius 1 is 1.12 bits per heavy atom. The van der Waals surface area contributed by atoms with E-state index >= 15 is 0 Å². The van der Waals surface area contributed by atoms with Crippen LogP contribution < -0.4 is 10.9 Å². The van der Waals surface area contributed by atoms with Gasteiger partial charge in [-0.3, -0.25) is 9.36 Å². The first-order valence-electron chi connectivity index (χ1n) is 11.8. The summed E-state index contributed by atoms with van der Waals surface area (Å²) in [5, 5.41) is 4.17. The van der Waals surface area contributed by atoms with E-state index in [4.69, 9.17) is 4.98 Å². The molecule has 1 aliphatic rings. The van der Waals surface area contributed by atoms with Crippen LogP contribution in [-0.4, -0.2) is 40.6 Å². The molecule has 0 atom stereocenters. The Balaban J connectivity index is 1.61. The first kappa shape index (κ1) is 22.3. The third kappa shape index (κ3) is 4.63. The van der Waals surface area contributed by atoms with Crippen molar-refractivity contribution in [3.8, 4) is 0 Å². The van der Waals surface area contributed by atoms with E-state index in [0.29, 0.717) is 17.8 Å². The van der Waals surface area contributed by atoms with Gasteiger partial charge >= 0.3 is 0 Å². The van der Waals surface area contributed by atoms with Crippen molar-refractivity contribution in [3.63, 3.8) is 0 Å². The Morgan fingerprint density at radius 3 is 2.56 bits per heavy atom. The second-order valence-electron chi connectivity index (χ2n) is 8.82. The highest BCUT2D eigenvalue weighted by Gasteiger charge is 2.21. The number of hydrogen-bond donors (Lipinski definition) is 1. The maximum atomic E-state index is 13.1. The van der Waals surface area contributed by atoms with Gasteiger partial charge in [-0.2, -0.15) is 0 Å². The minimum Gasteiger partial charge on any atom is -0.384 e. The van der Waals surface area contributed by atoms with E-state index in [9.17, 15) is 4.79 Å². The van der Waals surface area contributed by atoms with Crippen LogP contribution in [0.25, 0.3) is 22.6 Å². The van der Waals surface area contributed by atoms with Crippen molar-refractivity contribution in [3.05, 3.63) is 69.8 Å². The Labute approximate surface area is 190 Å². The van der Waals surface area contributed by atoms with E-state index in [1.165, 1.54) is 5.56 Å². The summed E-state index contributed by atoms with van der Waals surface area (Å²) in [4.78, 5) is 20.4. The first-order chi connectivity index (χ1) is 15.5. The van der Waals surface area contributed by atoms with Crippen LogP contribution in [0.4, 0.5) is 5.69 Å². The van der Waals surface area contributed by atoms with Gasteiger partial charge in [-0.15, -0.1) is 0 Å². The zero-order valence-electron chi connectivity index (χ0n) is 19.7. The number of fused-ring (bicyclic) bond motifs is 2. The summed E-state index contributed by atoms with van der Waals surface area (Å²) in [5.41, 5.74) is 5.44. The lowest BCUT2D eigenvalue weighted by atomic mass is 10.0. The van der Waals surface area contributed by atoms with Gasteiger partial charge in [0.25, 0.3) is 5.56 Å². The van der Waals surface area contributed by atoms with Crippen LogP contribution in [-0.2, 0) is 6.54 Å². The molecule has 0 amide bonds. The smallest absolute Gasteiger partial charge is 0.261 e. The third-order valence-corrected chi connectivity index (χ3v) is 6.44. The third-order valence-electron chi connectivity index (χ3n) is 6.44. The van der Waals surface area contributed by atoms with Gasteiger partial charge in [0.15, 0.2) is 0 Å². The molecule has 0 unspecified atom stereocenters. The summed E-state index contributed by atoms with van der Waals surface area (Å²) >= 11 is 0. The molecule has 0 saturated heterocycles. The molecule has 0 spiro atoms. The highest BCUT2D eigenvalue weighted by atomic mass is 16.1. The van der Waals surface area contributed by atoms with Crippen LogP contribution in [0.3, 0.4) is 0 Å². The van der Waals surface area contributed by atoms with Gasteiger partial charge in [-0.05, 0) is 66.4 Å². The Kier molecular flexibility index (Phi) is 6.75. The van der Waals surface area contributed by atoms with E-state index in [0.717, 1.165) is 60.8 Å². The average molecular weight is 431 g/mol. The fraction of sp³-hybridized carbons (Fsp3) is 0.407. The lowest BCUT2D eigenvalue weighted by molar-refractivity contribution is 0.316. The largest absolute Gasteiger partial charge is 0.384 e. The molecule has 5 heteroatoms. The van der Waals surface area contributed by atoms with Gasteiger partial charge in [-0.1, -0.05) is 52.0 Å². The molecular weight excluding hydrogens is 396 g/mol. The van der Waals surface area contributed by atoms with Crippen molar-refractivity contribution >= 4 is 28.2 Å². The van der Waals surface area contributed by atoms with Crippen molar-refractivity contribution in [1.82, 2.24) is 14.5 Å². The Morgan fingerprint density at radius 2 is 1.88 bits per heavy atom. The monoisotopic (exact) mass is 430 g/mol. The molecule has 0 saturated carbocycles. The minimum atomic E-state index is 0.0539. The number of nitrogens with zero attached hydrogens (tertiary/aromatic N) is 3. The molecule has 32 heavy (non-hydrogen) atoms. The fourth-order valence-electron chi connectivity index (χ4n) is 4.34. The summed E-state index contributed by atoms with van der Waals surface area (Å²) < 4.78 is 1.82. The molecule has 0 fully saturated rings. The van der Waals surface area contributed by atoms with Crippen molar-refractivity contribution in [2.24, 2.45) is 0 Å². The number of rotatable bonds is 8. The highest BCUT2D eigenvalue weighted by molar-refractivity contribution is 5.86. The Hall–Kier alpha value is -2.92. The van der Waals surface area contributed by atoms with Crippen LogP contribution >= 0.6 is 0 Å². The van der Waals surface area contributed by atoms with E-state index in [-0.39, 0.29) is 5.56 Å². The van der Waals surface area contributed by atoms with Crippen molar-refractivity contribution in [2.45, 2.75) is 46.6 Å². The van der Waals surface area contributed by atoms with E-state index in [1.54, 1.807) is 0 Å². The number of nitrogens with one attached hydrogen (secondary N) is 1. The lowest BCUT2D eigenvalue weighted by Gasteiger charge is -2.18. The van der Waals surface area contributed by atoms with Gasteiger partial charge in [0, 0.05) is 25.3 Å². The van der Waals surface area contributed by atoms with Crippen molar-refractivity contribution < 1.29 is 0 Å². The summed E-state index contributed by atoms with van der Waals surface area (Å²) in [5.74, 6) is 1.32. The summed E-state index contributed by atoms with van der Waals surface area (Å²) in [7, 11) is 0. The molecule has 5 nitrogen and oxygen atoms in total. The molecule has 0 aliphatic carbocycles. The molecule has 1 aliphatic heterocycles. The second kappa shape index (κ2) is 9.70. The standard InChI is InChI=1S/C27H34N4O/c1-5-30(6-2)16-14-28-23-11-12-24-25(18-23)29-26-22(13-15-31(26)27(24)32)17-20-7-9-21(10-8-20)19(3)4/h7-12,17-19,28H,5-6,13-16H2,1-4H3/b22-17+. The summed E-state index contributed by atoms with van der Waals surface area (Å²) in [6.07, 6.45) is 3.01. The molecule has 0 radical (unpaired) electrons. The maximum Gasteiger partial charge on any atom is 0.261 e. The molecule has 2 aromatic carbocycles. The molecule has 1 aromatic heterocycles. The first-order valence-corrected chi connectivity index (χ1v) is 11.8. The average Bonchev–Trinajstić information content (AvgIpc) is 3.20. The molecular formula is C27H34N4O. The summed E-state index contributed by atoms with van der Waals surface area (Å²) in [6.45, 7) is 13.4. The quantitative estimate of drug-likeness (QED) is 0.532. The molecule has 2 heterocycles. The maximum absolute atomic E-state index is 13.1. The van der Waals surface area contributed by atoms with Crippen LogP contribution in [0.1, 0.15) is 57.0 Å². The summed E-state index contributed by atoms with van der Waals surface area (Å²) in [6, 6.07) is 14.6. The van der Waals surface area contributed by atoms with Crippen molar-refractivity contribution in [1.29, 1.82) is 0 Å². The van der Waals surface area contributed by atoms with Crippen LogP contribution in [0.15, 0.2) is 47.3 Å². The highest BCUT2D eigenvalue weighted by Crippen LogP contribution is 2.28. The van der Waals surface area contributed by atoms with Crippen LogP contribution in [0, 0.1) is 0 Å². The van der Waals surface area contributed by atoms with Crippen molar-refractivity contribution in [2.75, 3.05) is 31.5 Å². The molecule has 0 bridgehead atoms. The second-order valence-corrected chi connectivity index (χ2v) is 8.82.